The fourth-order valence-corrected chi connectivity index (χ4v) is 2.72. The van der Waals surface area contributed by atoms with Crippen LogP contribution in [0, 0.1) is 6.92 Å². The van der Waals surface area contributed by atoms with Crippen LogP contribution in [0.5, 0.6) is 0 Å². The van der Waals surface area contributed by atoms with E-state index in [0.717, 1.165) is 12.7 Å². The van der Waals surface area contributed by atoms with Crippen molar-refractivity contribution in [3.8, 4) is 11.1 Å². The van der Waals surface area contributed by atoms with E-state index in [4.69, 9.17) is 11.6 Å². The van der Waals surface area contributed by atoms with Gasteiger partial charge in [0.1, 0.15) is 5.82 Å². The van der Waals surface area contributed by atoms with Gasteiger partial charge >= 0.3 is 0 Å². The summed E-state index contributed by atoms with van der Waals surface area (Å²) >= 11 is 5.89. The van der Waals surface area contributed by atoms with Gasteiger partial charge in [0.05, 0.1) is 18.4 Å². The van der Waals surface area contributed by atoms with E-state index in [9.17, 15) is 8.78 Å². The van der Waals surface area contributed by atoms with Gasteiger partial charge in [-0.05, 0) is 30.7 Å². The third-order valence-electron chi connectivity index (χ3n) is 3.73. The quantitative estimate of drug-likeness (QED) is 0.699. The van der Waals surface area contributed by atoms with Gasteiger partial charge in [-0.1, -0.05) is 17.7 Å². The fraction of sp³-hybridized carbons (Fsp3) is 0.235. The number of benzene rings is 1. The first-order chi connectivity index (χ1) is 11.3. The number of hydrogen-bond acceptors (Lipinski definition) is 3. The van der Waals surface area contributed by atoms with Crippen LogP contribution >= 0.6 is 11.6 Å². The van der Waals surface area contributed by atoms with Gasteiger partial charge in [0, 0.05) is 35.5 Å². The lowest BCUT2D eigenvalue weighted by Crippen LogP contribution is -2.08. The number of alkyl halides is 2. The van der Waals surface area contributed by atoms with Crippen LogP contribution in [0.4, 0.5) is 8.78 Å². The van der Waals surface area contributed by atoms with E-state index < -0.39 is 5.92 Å². The first-order valence-electron chi connectivity index (χ1n) is 7.32. The average Bonchev–Trinajstić information content (AvgIpc) is 2.92. The Morgan fingerprint density at radius 3 is 2.67 bits per heavy atom. The second-order valence-electron chi connectivity index (χ2n) is 5.62. The third kappa shape index (κ3) is 3.43. The molecule has 2 heterocycles. The summed E-state index contributed by atoms with van der Waals surface area (Å²) in [6, 6.07) is 6.39. The summed E-state index contributed by atoms with van der Waals surface area (Å²) in [7, 11) is 0. The van der Waals surface area contributed by atoms with Gasteiger partial charge in [-0.2, -0.15) is 10.2 Å². The molecule has 0 N–H and O–H groups in total. The molecule has 0 unspecified atom stereocenters. The number of nitrogens with zero attached hydrogens (tertiary/aromatic N) is 4. The molecule has 0 aliphatic carbocycles. The van der Waals surface area contributed by atoms with Crippen LogP contribution < -0.4 is 0 Å². The van der Waals surface area contributed by atoms with Gasteiger partial charge < -0.3 is 4.57 Å². The topological polar surface area (TPSA) is 43.6 Å². The summed E-state index contributed by atoms with van der Waals surface area (Å²) in [6.45, 7) is 3.24. The number of aryl methyl sites for hydroxylation is 1. The monoisotopic (exact) mass is 348 g/mol. The fourth-order valence-electron chi connectivity index (χ4n) is 2.43. The molecule has 4 nitrogen and oxygen atoms in total. The van der Waals surface area contributed by atoms with Crippen molar-refractivity contribution < 1.29 is 8.78 Å². The van der Waals surface area contributed by atoms with E-state index in [1.165, 1.54) is 12.1 Å². The maximum atomic E-state index is 13.7. The molecule has 0 aliphatic heterocycles. The highest BCUT2D eigenvalue weighted by molar-refractivity contribution is 6.31. The van der Waals surface area contributed by atoms with Crippen molar-refractivity contribution in [3.63, 3.8) is 0 Å². The number of aromatic nitrogens is 4. The minimum atomic E-state index is -3.01. The molecule has 124 valence electrons. The molecule has 0 aliphatic rings. The lowest BCUT2D eigenvalue weighted by Gasteiger charge is -2.14. The summed E-state index contributed by atoms with van der Waals surface area (Å²) in [5.41, 5.74) is 1.84. The summed E-state index contributed by atoms with van der Waals surface area (Å²) in [5.74, 6) is -2.15. The van der Waals surface area contributed by atoms with E-state index in [0.29, 0.717) is 23.4 Å². The normalized spacial score (nSPS) is 11.7. The molecule has 0 bridgehead atoms. The lowest BCUT2D eigenvalue weighted by atomic mass is 10.0. The van der Waals surface area contributed by atoms with Crippen LogP contribution in [0.2, 0.25) is 5.02 Å². The van der Waals surface area contributed by atoms with Crippen molar-refractivity contribution in [2.24, 2.45) is 0 Å². The van der Waals surface area contributed by atoms with Crippen molar-refractivity contribution in [2.75, 3.05) is 0 Å². The number of rotatable bonds is 4. The zero-order valence-corrected chi connectivity index (χ0v) is 13.9. The Labute approximate surface area is 143 Å². The van der Waals surface area contributed by atoms with Gasteiger partial charge in [0.25, 0.3) is 5.92 Å². The SMILES string of the molecule is Cc1nccn1Cc1cc(-c2ccc(Cl)c(C(C)(F)F)c2)cnn1. The van der Waals surface area contributed by atoms with Gasteiger partial charge in [0.2, 0.25) is 0 Å². The van der Waals surface area contributed by atoms with Crippen LogP contribution in [0.1, 0.15) is 24.0 Å². The average molecular weight is 349 g/mol. The van der Waals surface area contributed by atoms with Crippen LogP contribution in [0.15, 0.2) is 42.9 Å². The van der Waals surface area contributed by atoms with Crippen molar-refractivity contribution in [1.82, 2.24) is 19.7 Å². The maximum absolute atomic E-state index is 13.7. The number of hydrogen-bond donors (Lipinski definition) is 0. The molecule has 0 amide bonds. The van der Waals surface area contributed by atoms with E-state index >= 15 is 0 Å². The van der Waals surface area contributed by atoms with Gasteiger partial charge in [0.15, 0.2) is 0 Å². The van der Waals surface area contributed by atoms with E-state index in [1.807, 2.05) is 23.8 Å². The van der Waals surface area contributed by atoms with E-state index in [1.54, 1.807) is 18.5 Å². The predicted molar refractivity (Wildman–Crippen MR) is 88.1 cm³/mol. The van der Waals surface area contributed by atoms with Crippen LogP contribution in [-0.2, 0) is 12.5 Å². The van der Waals surface area contributed by atoms with Crippen molar-refractivity contribution in [3.05, 3.63) is 65.0 Å². The highest BCUT2D eigenvalue weighted by Gasteiger charge is 2.27. The Kier molecular flexibility index (Phi) is 4.32. The van der Waals surface area contributed by atoms with Crippen LogP contribution in [0.25, 0.3) is 11.1 Å². The molecule has 0 saturated heterocycles. The Hall–Kier alpha value is -2.34. The van der Waals surface area contributed by atoms with Crippen molar-refractivity contribution >= 4 is 11.6 Å². The summed E-state index contributed by atoms with van der Waals surface area (Å²) in [4.78, 5) is 4.16. The molecule has 0 atom stereocenters. The molecule has 3 aromatic rings. The second-order valence-corrected chi connectivity index (χ2v) is 6.03. The van der Waals surface area contributed by atoms with Crippen LogP contribution in [0.3, 0.4) is 0 Å². The maximum Gasteiger partial charge on any atom is 0.271 e. The third-order valence-corrected chi connectivity index (χ3v) is 4.06. The molecule has 3 rings (SSSR count). The van der Waals surface area contributed by atoms with Crippen molar-refractivity contribution in [2.45, 2.75) is 26.3 Å². The molecular formula is C17H15ClF2N4. The highest BCUT2D eigenvalue weighted by Crippen LogP contribution is 2.35. The zero-order chi connectivity index (χ0) is 17.3. The molecule has 0 fully saturated rings. The van der Waals surface area contributed by atoms with Gasteiger partial charge in [-0.25, -0.2) is 13.8 Å². The van der Waals surface area contributed by atoms with Gasteiger partial charge in [-0.3, -0.25) is 0 Å². The Balaban J connectivity index is 1.96. The van der Waals surface area contributed by atoms with Gasteiger partial charge in [-0.15, -0.1) is 0 Å². The molecule has 7 heteroatoms. The summed E-state index contributed by atoms with van der Waals surface area (Å²) < 4.78 is 29.3. The highest BCUT2D eigenvalue weighted by atomic mass is 35.5. The number of imidazole rings is 1. The minimum Gasteiger partial charge on any atom is -0.329 e. The zero-order valence-electron chi connectivity index (χ0n) is 13.2. The smallest absolute Gasteiger partial charge is 0.271 e. The number of halogens is 3. The Morgan fingerprint density at radius 1 is 1.21 bits per heavy atom. The van der Waals surface area contributed by atoms with Crippen molar-refractivity contribution in [1.29, 1.82) is 0 Å². The summed E-state index contributed by atoms with van der Waals surface area (Å²) in [5, 5.41) is 8.12. The Bertz CT molecular complexity index is 871. The largest absolute Gasteiger partial charge is 0.329 e. The van der Waals surface area contributed by atoms with Crippen LogP contribution in [-0.4, -0.2) is 19.7 Å². The molecule has 1 aromatic carbocycles. The van der Waals surface area contributed by atoms with E-state index in [2.05, 4.69) is 15.2 Å². The molecular weight excluding hydrogens is 334 g/mol. The molecule has 24 heavy (non-hydrogen) atoms. The predicted octanol–water partition coefficient (Wildman–Crippen LogP) is 4.46. The first kappa shape index (κ1) is 16.5. The standard InChI is InChI=1S/C17H15ClF2N4/c1-11-21-5-6-24(11)10-14-7-13(9-22-23-14)12-3-4-16(18)15(8-12)17(2,19)20/h3-9H,10H2,1-2H3. The lowest BCUT2D eigenvalue weighted by molar-refractivity contribution is 0.0176. The molecule has 2 aromatic heterocycles. The molecule has 0 saturated carbocycles. The molecule has 0 spiro atoms. The minimum absolute atomic E-state index is 0.0440. The van der Waals surface area contributed by atoms with E-state index in [-0.39, 0.29) is 10.6 Å². The first-order valence-corrected chi connectivity index (χ1v) is 7.70. The Morgan fingerprint density at radius 2 is 2.00 bits per heavy atom. The summed E-state index contributed by atoms with van der Waals surface area (Å²) in [6.07, 6.45) is 5.11. The second kappa shape index (κ2) is 6.28. The molecule has 0 radical (unpaired) electrons.